The van der Waals surface area contributed by atoms with Gasteiger partial charge in [0.2, 0.25) is 5.91 Å². The van der Waals surface area contributed by atoms with Gasteiger partial charge >= 0.3 is 0 Å². The first-order chi connectivity index (χ1) is 22.9. The van der Waals surface area contributed by atoms with Gasteiger partial charge in [-0.2, -0.15) is 10.2 Å². The lowest BCUT2D eigenvalue weighted by molar-refractivity contribution is -0.118. The Hall–Kier alpha value is -5.83. The van der Waals surface area contributed by atoms with Crippen molar-refractivity contribution in [1.29, 1.82) is 0 Å². The normalized spacial score (nSPS) is 11.7. The third-order valence-electron chi connectivity index (χ3n) is 8.13. The van der Waals surface area contributed by atoms with Crippen LogP contribution in [0.1, 0.15) is 45.7 Å². The van der Waals surface area contributed by atoms with Crippen molar-refractivity contribution < 1.29 is 14.0 Å². The average molecular weight is 627 g/mol. The molecule has 0 saturated carbocycles. The van der Waals surface area contributed by atoms with E-state index in [2.05, 4.69) is 20.8 Å². The molecule has 8 nitrogen and oxygen atoms in total. The molecule has 9 heteroatoms. The largest absolute Gasteiger partial charge is 0.338 e. The Morgan fingerprint density at radius 1 is 0.830 bits per heavy atom. The second-order valence-corrected chi connectivity index (χ2v) is 11.3. The maximum Gasteiger partial charge on any atom is 0.270 e. The summed E-state index contributed by atoms with van der Waals surface area (Å²) in [6.07, 6.45) is 3.38. The van der Waals surface area contributed by atoms with E-state index in [1.54, 1.807) is 33.8 Å². The number of hydrogen-bond acceptors (Lipinski definition) is 4. The van der Waals surface area contributed by atoms with Gasteiger partial charge in [-0.25, -0.2) is 4.39 Å². The van der Waals surface area contributed by atoms with Gasteiger partial charge in [0.25, 0.3) is 5.91 Å². The van der Waals surface area contributed by atoms with E-state index in [9.17, 15) is 9.59 Å². The number of anilines is 1. The monoisotopic (exact) mass is 626 g/mol. The summed E-state index contributed by atoms with van der Waals surface area (Å²) in [5.74, 6) is -1.97. The van der Waals surface area contributed by atoms with Crippen LogP contribution < -0.4 is 10.6 Å². The first-order valence-corrected chi connectivity index (χ1v) is 15.5. The number of carbonyl (C=O) groups is 2. The molecule has 0 aliphatic heterocycles. The molecule has 6 aromatic rings. The molecule has 0 radical (unpaired) electrons. The van der Waals surface area contributed by atoms with Crippen LogP contribution >= 0.6 is 0 Å². The second-order valence-electron chi connectivity index (χ2n) is 11.3. The molecule has 0 aliphatic carbocycles. The first-order valence-electron chi connectivity index (χ1n) is 15.5. The Morgan fingerprint density at radius 3 is 2.09 bits per heavy atom. The predicted molar refractivity (Wildman–Crippen MR) is 180 cm³/mol. The molecule has 1 atom stereocenters. The van der Waals surface area contributed by atoms with E-state index in [-0.39, 0.29) is 5.69 Å². The Balaban J connectivity index is 1.30. The van der Waals surface area contributed by atoms with Crippen molar-refractivity contribution in [2.75, 3.05) is 5.32 Å². The van der Waals surface area contributed by atoms with Crippen molar-refractivity contribution in [1.82, 2.24) is 24.9 Å². The maximum atomic E-state index is 15.7. The minimum Gasteiger partial charge on any atom is -0.338 e. The first kappa shape index (κ1) is 31.2. The molecule has 4 aromatic carbocycles. The molecule has 0 aliphatic rings. The fourth-order valence-corrected chi connectivity index (χ4v) is 5.86. The smallest absolute Gasteiger partial charge is 0.270 e. The number of aryl methyl sites for hydroxylation is 2. The Labute approximate surface area is 272 Å². The molecule has 236 valence electrons. The van der Waals surface area contributed by atoms with Gasteiger partial charge in [0, 0.05) is 41.7 Å². The number of carbonyl (C=O) groups excluding carboxylic acids is 2. The summed E-state index contributed by atoms with van der Waals surface area (Å²) in [6, 6.07) is 34.2. The van der Waals surface area contributed by atoms with Crippen LogP contribution in [0, 0.1) is 12.7 Å². The van der Waals surface area contributed by atoms with Gasteiger partial charge in [0.05, 0.1) is 12.2 Å². The summed E-state index contributed by atoms with van der Waals surface area (Å²) in [5.41, 5.74) is 5.11. The van der Waals surface area contributed by atoms with E-state index < -0.39 is 29.6 Å². The Kier molecular flexibility index (Phi) is 9.33. The zero-order valence-electron chi connectivity index (χ0n) is 26.2. The molecule has 6 rings (SSSR count). The highest BCUT2D eigenvalue weighted by atomic mass is 19.1. The van der Waals surface area contributed by atoms with Gasteiger partial charge in [-0.1, -0.05) is 91.0 Å². The van der Waals surface area contributed by atoms with Crippen molar-refractivity contribution in [3.63, 3.8) is 0 Å². The fourth-order valence-electron chi connectivity index (χ4n) is 5.86. The summed E-state index contributed by atoms with van der Waals surface area (Å²) in [5, 5.41) is 14.7. The van der Waals surface area contributed by atoms with Crippen LogP contribution in [0.4, 0.5) is 10.1 Å². The number of nitrogens with one attached hydrogen (secondary N) is 2. The van der Waals surface area contributed by atoms with Crippen LogP contribution in [-0.4, -0.2) is 37.4 Å². The highest BCUT2D eigenvalue weighted by molar-refractivity contribution is 6.01. The molecule has 2 aromatic heterocycles. The van der Waals surface area contributed by atoms with Crippen LogP contribution in [0.3, 0.4) is 0 Å². The number of aromatic nitrogens is 4. The molecule has 47 heavy (non-hydrogen) atoms. The van der Waals surface area contributed by atoms with Gasteiger partial charge < -0.3 is 10.6 Å². The van der Waals surface area contributed by atoms with E-state index in [0.29, 0.717) is 35.6 Å². The second kappa shape index (κ2) is 14.1. The molecule has 1 unspecified atom stereocenters. The topological polar surface area (TPSA) is 93.8 Å². The molecular formula is C38H35FN6O2. The number of benzene rings is 4. The maximum absolute atomic E-state index is 15.7. The van der Waals surface area contributed by atoms with Crippen molar-refractivity contribution >= 4 is 17.5 Å². The summed E-state index contributed by atoms with van der Waals surface area (Å²) < 4.78 is 19.1. The van der Waals surface area contributed by atoms with Gasteiger partial charge in [-0.3, -0.25) is 19.0 Å². The van der Waals surface area contributed by atoms with E-state index in [0.717, 1.165) is 16.7 Å². The lowest BCUT2D eigenvalue weighted by Crippen LogP contribution is -2.48. The van der Waals surface area contributed by atoms with Crippen molar-refractivity contribution in [3.05, 3.63) is 162 Å². The lowest BCUT2D eigenvalue weighted by Gasteiger charge is -2.28. The number of amides is 2. The third kappa shape index (κ3) is 7.04. The third-order valence-corrected chi connectivity index (χ3v) is 8.13. The SMILES string of the molecule is CCn1nccc1C(=O)NC(C(=O)Nc1ccc(-c2cn(Cc3ccccc3)nc2C)c(F)c1)C(c1ccccc1)c1ccccc1. The molecule has 0 spiro atoms. The minimum atomic E-state index is -1.05. The van der Waals surface area contributed by atoms with Gasteiger partial charge in [-0.05, 0) is 54.8 Å². The van der Waals surface area contributed by atoms with E-state index in [4.69, 9.17) is 0 Å². The number of nitrogens with zero attached hydrogens (tertiary/aromatic N) is 4. The van der Waals surface area contributed by atoms with Crippen LogP contribution in [0.2, 0.25) is 0 Å². The van der Waals surface area contributed by atoms with Crippen molar-refractivity contribution in [3.8, 4) is 11.1 Å². The van der Waals surface area contributed by atoms with Crippen molar-refractivity contribution in [2.24, 2.45) is 0 Å². The van der Waals surface area contributed by atoms with Gasteiger partial charge in [0.15, 0.2) is 0 Å². The average Bonchev–Trinajstić information content (AvgIpc) is 3.72. The standard InChI is InChI=1S/C38H35FN6O2/c1-3-45-34(21-22-40-45)37(46)42-36(35(28-15-9-5-10-16-28)29-17-11-6-12-18-29)38(47)41-30-19-20-31(33(39)23-30)32-25-44(43-26(32)2)24-27-13-7-4-8-14-27/h4-23,25,35-36H,3,24H2,1-2H3,(H,41,47)(H,42,46). The van der Waals surface area contributed by atoms with Crippen LogP contribution in [-0.2, 0) is 17.9 Å². The predicted octanol–water partition coefficient (Wildman–Crippen LogP) is 6.83. The van der Waals surface area contributed by atoms with E-state index >= 15 is 4.39 Å². The van der Waals surface area contributed by atoms with Crippen LogP contribution in [0.5, 0.6) is 0 Å². The van der Waals surface area contributed by atoms with Gasteiger partial charge in [0.1, 0.15) is 17.6 Å². The summed E-state index contributed by atoms with van der Waals surface area (Å²) >= 11 is 0. The molecule has 0 bridgehead atoms. The van der Waals surface area contributed by atoms with Crippen molar-refractivity contribution in [2.45, 2.75) is 38.9 Å². The van der Waals surface area contributed by atoms with Crippen LogP contribution in [0.15, 0.2) is 128 Å². The highest BCUT2D eigenvalue weighted by Crippen LogP contribution is 2.31. The summed E-state index contributed by atoms with van der Waals surface area (Å²) in [7, 11) is 0. The molecule has 0 fully saturated rings. The molecule has 2 heterocycles. The molecule has 0 saturated heterocycles. The lowest BCUT2D eigenvalue weighted by atomic mass is 9.84. The zero-order chi connectivity index (χ0) is 32.8. The molecular weight excluding hydrogens is 591 g/mol. The molecule has 2 amide bonds. The minimum absolute atomic E-state index is 0.267. The zero-order valence-corrected chi connectivity index (χ0v) is 26.2. The number of rotatable bonds is 11. The molecule has 2 N–H and O–H groups in total. The Bertz CT molecular complexity index is 1930. The van der Waals surface area contributed by atoms with E-state index in [1.165, 1.54) is 6.07 Å². The summed E-state index contributed by atoms with van der Waals surface area (Å²) in [4.78, 5) is 27.8. The highest BCUT2D eigenvalue weighted by Gasteiger charge is 2.33. The fraction of sp³-hybridized carbons (Fsp3) is 0.158. The number of hydrogen-bond donors (Lipinski definition) is 2. The Morgan fingerprint density at radius 2 is 1.47 bits per heavy atom. The van der Waals surface area contributed by atoms with Gasteiger partial charge in [-0.15, -0.1) is 0 Å². The van der Waals surface area contributed by atoms with Crippen LogP contribution in [0.25, 0.3) is 11.1 Å². The quantitative estimate of drug-likeness (QED) is 0.165. The van der Waals surface area contributed by atoms with E-state index in [1.807, 2.05) is 111 Å². The summed E-state index contributed by atoms with van der Waals surface area (Å²) in [6.45, 7) is 4.78. The number of halogens is 1.